The molecule has 0 heterocycles. The second-order valence-corrected chi connectivity index (χ2v) is 5.08. The van der Waals surface area contributed by atoms with Crippen molar-refractivity contribution in [1.29, 1.82) is 0 Å². The number of halogens is 1. The number of nitrogens with one attached hydrogen (secondary N) is 1. The third-order valence-electron chi connectivity index (χ3n) is 3.43. The van der Waals surface area contributed by atoms with Gasteiger partial charge in [-0.25, -0.2) is 4.39 Å². The van der Waals surface area contributed by atoms with E-state index in [0.29, 0.717) is 0 Å². The van der Waals surface area contributed by atoms with E-state index in [1.807, 2.05) is 6.07 Å². The first kappa shape index (κ1) is 13.8. The Kier molecular flexibility index (Phi) is 4.33. The number of aryl methyl sites for hydroxylation is 1. The molecule has 0 aromatic heterocycles. The third-order valence-corrected chi connectivity index (χ3v) is 3.43. The van der Waals surface area contributed by atoms with Crippen LogP contribution in [0.5, 0.6) is 0 Å². The van der Waals surface area contributed by atoms with Crippen molar-refractivity contribution in [2.24, 2.45) is 0 Å². The van der Waals surface area contributed by atoms with Gasteiger partial charge in [0.1, 0.15) is 5.82 Å². The number of hydrogen-bond donors (Lipinski definition) is 1. The monoisotopic (exact) mass is 257 g/mol. The van der Waals surface area contributed by atoms with Crippen molar-refractivity contribution in [1.82, 2.24) is 5.32 Å². The van der Waals surface area contributed by atoms with Crippen molar-refractivity contribution in [2.45, 2.75) is 32.9 Å². The fourth-order valence-electron chi connectivity index (χ4n) is 2.20. The predicted molar refractivity (Wildman–Crippen MR) is 77.5 cm³/mol. The van der Waals surface area contributed by atoms with Crippen molar-refractivity contribution in [3.63, 3.8) is 0 Å². The maximum Gasteiger partial charge on any atom is 0.123 e. The maximum absolute atomic E-state index is 13.2. The summed E-state index contributed by atoms with van der Waals surface area (Å²) in [5.74, 6) is -0.186. The summed E-state index contributed by atoms with van der Waals surface area (Å²) >= 11 is 0. The highest BCUT2D eigenvalue weighted by Crippen LogP contribution is 2.20. The summed E-state index contributed by atoms with van der Waals surface area (Å²) < 4.78 is 13.2. The van der Waals surface area contributed by atoms with Crippen molar-refractivity contribution >= 4 is 0 Å². The van der Waals surface area contributed by atoms with Gasteiger partial charge in [-0.3, -0.25) is 0 Å². The van der Waals surface area contributed by atoms with Gasteiger partial charge < -0.3 is 5.32 Å². The molecule has 2 aromatic rings. The Balaban J connectivity index is 2.06. The highest BCUT2D eigenvalue weighted by molar-refractivity contribution is 5.25. The van der Waals surface area contributed by atoms with E-state index in [1.54, 1.807) is 12.1 Å². The molecular formula is C17H20FN. The summed E-state index contributed by atoms with van der Waals surface area (Å²) in [6, 6.07) is 15.6. The molecule has 100 valence electrons. The smallest absolute Gasteiger partial charge is 0.123 e. The Morgan fingerprint density at radius 3 is 2.16 bits per heavy atom. The van der Waals surface area contributed by atoms with Crippen LogP contribution in [0, 0.1) is 12.7 Å². The molecule has 1 N–H and O–H groups in total. The first-order valence-corrected chi connectivity index (χ1v) is 6.64. The van der Waals surface area contributed by atoms with E-state index in [9.17, 15) is 4.39 Å². The quantitative estimate of drug-likeness (QED) is 0.847. The van der Waals surface area contributed by atoms with Crippen molar-refractivity contribution < 1.29 is 4.39 Å². The van der Waals surface area contributed by atoms with Gasteiger partial charge in [0.15, 0.2) is 0 Å². The minimum atomic E-state index is -0.186. The molecule has 2 heteroatoms. The van der Waals surface area contributed by atoms with E-state index in [-0.39, 0.29) is 17.9 Å². The van der Waals surface area contributed by atoms with Crippen LogP contribution in [0.2, 0.25) is 0 Å². The van der Waals surface area contributed by atoms with Gasteiger partial charge in [-0.15, -0.1) is 0 Å². The van der Waals surface area contributed by atoms with Gasteiger partial charge in [0.2, 0.25) is 0 Å². The van der Waals surface area contributed by atoms with Crippen molar-refractivity contribution in [2.75, 3.05) is 0 Å². The van der Waals surface area contributed by atoms with E-state index >= 15 is 0 Å². The highest BCUT2D eigenvalue weighted by Gasteiger charge is 2.11. The van der Waals surface area contributed by atoms with E-state index in [1.165, 1.54) is 17.2 Å². The number of rotatable bonds is 4. The molecule has 0 bridgehead atoms. The molecule has 1 unspecified atom stereocenters. The molecule has 0 radical (unpaired) electrons. The molecule has 0 amide bonds. The molecule has 2 aromatic carbocycles. The minimum absolute atomic E-state index is 0.118. The summed E-state index contributed by atoms with van der Waals surface area (Å²) in [5, 5.41) is 3.49. The lowest BCUT2D eigenvalue weighted by molar-refractivity contribution is 0.492. The Bertz CT molecular complexity index is 533. The van der Waals surface area contributed by atoms with Crippen LogP contribution in [0.3, 0.4) is 0 Å². The van der Waals surface area contributed by atoms with E-state index in [2.05, 4.69) is 50.4 Å². The molecule has 0 aliphatic carbocycles. The third kappa shape index (κ3) is 3.65. The largest absolute Gasteiger partial charge is 0.304 e. The van der Waals surface area contributed by atoms with Gasteiger partial charge in [0, 0.05) is 12.1 Å². The number of benzene rings is 2. The lowest BCUT2D eigenvalue weighted by atomic mass is 10.0. The van der Waals surface area contributed by atoms with Gasteiger partial charge >= 0.3 is 0 Å². The first-order valence-electron chi connectivity index (χ1n) is 6.64. The summed E-state index contributed by atoms with van der Waals surface area (Å²) in [7, 11) is 0. The lowest BCUT2D eigenvalue weighted by Gasteiger charge is -2.21. The normalized spacial score (nSPS) is 14.1. The van der Waals surface area contributed by atoms with Crippen LogP contribution < -0.4 is 5.32 Å². The molecule has 0 aliphatic rings. The fraction of sp³-hybridized carbons (Fsp3) is 0.294. The summed E-state index contributed by atoms with van der Waals surface area (Å²) in [6.45, 7) is 6.26. The molecule has 0 saturated heterocycles. The second kappa shape index (κ2) is 5.98. The van der Waals surface area contributed by atoms with Gasteiger partial charge in [0.05, 0.1) is 0 Å². The fourth-order valence-corrected chi connectivity index (χ4v) is 2.20. The zero-order valence-corrected chi connectivity index (χ0v) is 11.7. The van der Waals surface area contributed by atoms with Crippen LogP contribution in [0.15, 0.2) is 48.5 Å². The molecule has 2 rings (SSSR count). The molecule has 1 nitrogen and oxygen atoms in total. The van der Waals surface area contributed by atoms with Gasteiger partial charge in [-0.1, -0.05) is 42.0 Å². The summed E-state index contributed by atoms with van der Waals surface area (Å²) in [4.78, 5) is 0. The Hall–Kier alpha value is -1.67. The molecule has 19 heavy (non-hydrogen) atoms. The van der Waals surface area contributed by atoms with Crippen LogP contribution in [0.1, 0.15) is 42.6 Å². The maximum atomic E-state index is 13.2. The van der Waals surface area contributed by atoms with Crippen molar-refractivity contribution in [3.8, 4) is 0 Å². The van der Waals surface area contributed by atoms with Crippen LogP contribution in [-0.2, 0) is 0 Å². The zero-order valence-electron chi connectivity index (χ0n) is 11.7. The zero-order chi connectivity index (χ0) is 13.8. The first-order chi connectivity index (χ1) is 9.06. The van der Waals surface area contributed by atoms with Crippen molar-refractivity contribution in [3.05, 3.63) is 71.0 Å². The Labute approximate surface area is 114 Å². The standard InChI is InChI=1S/C17H20FN/c1-12-7-9-15(10-8-12)13(2)19-14(3)16-5-4-6-17(18)11-16/h4-11,13-14,19H,1-3H3/t13-,14?/m1/s1. The minimum Gasteiger partial charge on any atom is -0.304 e. The van der Waals surface area contributed by atoms with E-state index in [0.717, 1.165) is 5.56 Å². The molecule has 0 fully saturated rings. The van der Waals surface area contributed by atoms with Crippen LogP contribution in [-0.4, -0.2) is 0 Å². The van der Waals surface area contributed by atoms with E-state index in [4.69, 9.17) is 0 Å². The average molecular weight is 257 g/mol. The van der Waals surface area contributed by atoms with Crippen LogP contribution in [0.25, 0.3) is 0 Å². The highest BCUT2D eigenvalue weighted by atomic mass is 19.1. The van der Waals surface area contributed by atoms with Crippen LogP contribution >= 0.6 is 0 Å². The predicted octanol–water partition coefficient (Wildman–Crippen LogP) is 4.55. The van der Waals surface area contributed by atoms with Gasteiger partial charge in [-0.2, -0.15) is 0 Å². The van der Waals surface area contributed by atoms with E-state index < -0.39 is 0 Å². The average Bonchev–Trinajstić information content (AvgIpc) is 2.39. The Morgan fingerprint density at radius 1 is 0.895 bits per heavy atom. The molecule has 2 atom stereocenters. The summed E-state index contributed by atoms with van der Waals surface area (Å²) in [5.41, 5.74) is 3.47. The molecule has 0 spiro atoms. The SMILES string of the molecule is Cc1ccc([C@@H](C)NC(C)c2cccc(F)c2)cc1. The molecular weight excluding hydrogens is 237 g/mol. The second-order valence-electron chi connectivity index (χ2n) is 5.08. The topological polar surface area (TPSA) is 12.0 Å². The molecule has 0 saturated carbocycles. The number of hydrogen-bond acceptors (Lipinski definition) is 1. The molecule has 0 aliphatic heterocycles. The Morgan fingerprint density at radius 2 is 1.53 bits per heavy atom. The summed E-state index contributed by atoms with van der Waals surface area (Å²) in [6.07, 6.45) is 0. The van der Waals surface area contributed by atoms with Gasteiger partial charge in [0.25, 0.3) is 0 Å². The lowest BCUT2D eigenvalue weighted by Crippen LogP contribution is -2.22. The van der Waals surface area contributed by atoms with Crippen LogP contribution in [0.4, 0.5) is 4.39 Å². The van der Waals surface area contributed by atoms with Gasteiger partial charge in [-0.05, 0) is 44.0 Å².